The molecule has 1 aliphatic carbocycles. The van der Waals surface area contributed by atoms with Crippen molar-refractivity contribution in [2.45, 2.75) is 18.5 Å². The second kappa shape index (κ2) is 2.62. The molecule has 0 saturated carbocycles. The van der Waals surface area contributed by atoms with Crippen LogP contribution in [-0.2, 0) is 0 Å². The smallest absolute Gasteiger partial charge is 0.169 e. The van der Waals surface area contributed by atoms with Crippen LogP contribution in [0.5, 0.6) is 0 Å². The zero-order valence-corrected chi connectivity index (χ0v) is 6.48. The molecular formula is C6HF9. The zero-order valence-electron chi connectivity index (χ0n) is 6.48. The normalized spacial score (nSPS) is 21.3. The van der Waals surface area contributed by atoms with Gasteiger partial charge >= 0.3 is 18.5 Å². The van der Waals surface area contributed by atoms with Gasteiger partial charge in [-0.15, -0.1) is 0 Å². The molecule has 0 aliphatic heterocycles. The lowest BCUT2D eigenvalue weighted by atomic mass is 9.98. The van der Waals surface area contributed by atoms with Gasteiger partial charge in [0.2, 0.25) is 5.41 Å². The highest BCUT2D eigenvalue weighted by atomic mass is 19.4. The van der Waals surface area contributed by atoms with Crippen LogP contribution in [0, 0.1) is 5.41 Å². The maximum absolute atomic E-state index is 11.9. The molecule has 0 unspecified atom stereocenters. The molecule has 0 spiro atoms. The van der Waals surface area contributed by atoms with Gasteiger partial charge in [0, 0.05) is 0 Å². The highest BCUT2D eigenvalue weighted by Gasteiger charge is 2.82. The third-order valence-electron chi connectivity index (χ3n) is 1.90. The molecule has 0 saturated heterocycles. The Kier molecular flexibility index (Phi) is 2.12. The van der Waals surface area contributed by atoms with Crippen LogP contribution < -0.4 is 0 Å². The molecule has 0 N–H and O–H groups in total. The first kappa shape index (κ1) is 12.2. The summed E-state index contributed by atoms with van der Waals surface area (Å²) in [6.45, 7) is 0. The minimum absolute atomic E-state index is 0.854. The van der Waals surface area contributed by atoms with E-state index in [0.29, 0.717) is 0 Å². The van der Waals surface area contributed by atoms with Crippen LogP contribution >= 0.6 is 0 Å². The van der Waals surface area contributed by atoms with Gasteiger partial charge in [-0.25, -0.2) is 0 Å². The minimum atomic E-state index is -6.02. The number of halogens is 9. The summed E-state index contributed by atoms with van der Waals surface area (Å²) >= 11 is 0. The second-order valence-electron chi connectivity index (χ2n) is 2.86. The highest BCUT2D eigenvalue weighted by molar-refractivity contribution is 5.47. The first-order chi connectivity index (χ1) is 6.34. The molecule has 15 heavy (non-hydrogen) atoms. The van der Waals surface area contributed by atoms with E-state index in [1.807, 2.05) is 0 Å². The Morgan fingerprint density at radius 1 is 0.733 bits per heavy atom. The summed E-state index contributed by atoms with van der Waals surface area (Å²) in [5, 5.41) is 0. The van der Waals surface area contributed by atoms with Crippen LogP contribution in [0.4, 0.5) is 39.5 Å². The Labute approximate surface area is 76.4 Å². The van der Waals surface area contributed by atoms with Crippen molar-refractivity contribution in [2.24, 2.45) is 5.41 Å². The fourth-order valence-electron chi connectivity index (χ4n) is 1.12. The standard InChI is InChI=1S/C6HF9/c7-4(8,9)2-1-3(2,5(10,11)12)6(13,14)15/h1H. The maximum Gasteiger partial charge on any atom is 0.413 e. The largest absolute Gasteiger partial charge is 0.413 e. The van der Waals surface area contributed by atoms with E-state index in [9.17, 15) is 39.5 Å². The maximum atomic E-state index is 11.9. The number of allylic oxidation sites excluding steroid dienone is 2. The van der Waals surface area contributed by atoms with Crippen LogP contribution in [0.25, 0.3) is 0 Å². The molecule has 0 amide bonds. The van der Waals surface area contributed by atoms with E-state index in [1.165, 1.54) is 0 Å². The molecule has 9 heteroatoms. The van der Waals surface area contributed by atoms with Crippen LogP contribution in [0.2, 0.25) is 0 Å². The summed E-state index contributed by atoms with van der Waals surface area (Å²) in [6.07, 6.45) is -18.5. The van der Waals surface area contributed by atoms with Gasteiger partial charge < -0.3 is 0 Å². The van der Waals surface area contributed by atoms with Crippen molar-refractivity contribution in [1.29, 1.82) is 0 Å². The van der Waals surface area contributed by atoms with Gasteiger partial charge in [0.15, 0.2) is 0 Å². The Hall–Kier alpha value is -0.890. The SMILES string of the molecule is FC(F)(F)C1=CC1(C(F)(F)F)C(F)(F)F. The molecule has 0 heterocycles. The Bertz CT molecular complexity index is 284. The molecule has 0 bridgehead atoms. The van der Waals surface area contributed by atoms with E-state index in [0.717, 1.165) is 0 Å². The van der Waals surface area contributed by atoms with Gasteiger partial charge in [-0.05, 0) is 6.08 Å². The van der Waals surface area contributed by atoms with Gasteiger partial charge in [0.1, 0.15) is 0 Å². The predicted octanol–water partition coefficient (Wildman–Crippen LogP) is 3.60. The molecule has 1 rings (SSSR count). The minimum Gasteiger partial charge on any atom is -0.169 e. The number of rotatable bonds is 0. The van der Waals surface area contributed by atoms with Crippen molar-refractivity contribution in [3.8, 4) is 0 Å². The van der Waals surface area contributed by atoms with Crippen LogP contribution in [0.3, 0.4) is 0 Å². The predicted molar refractivity (Wildman–Crippen MR) is 28.7 cm³/mol. The average molecular weight is 244 g/mol. The lowest BCUT2D eigenvalue weighted by Crippen LogP contribution is -2.43. The summed E-state index contributed by atoms with van der Waals surface area (Å²) in [6, 6.07) is 0. The monoisotopic (exact) mass is 244 g/mol. The molecule has 0 fully saturated rings. The molecule has 0 aromatic heterocycles. The highest BCUT2D eigenvalue weighted by Crippen LogP contribution is 2.68. The van der Waals surface area contributed by atoms with Crippen molar-refractivity contribution < 1.29 is 39.5 Å². The van der Waals surface area contributed by atoms with Crippen molar-refractivity contribution in [3.63, 3.8) is 0 Å². The Balaban J connectivity index is 3.11. The molecule has 0 aromatic carbocycles. The molecule has 88 valence electrons. The van der Waals surface area contributed by atoms with E-state index in [4.69, 9.17) is 0 Å². The van der Waals surface area contributed by atoms with Crippen molar-refractivity contribution in [2.75, 3.05) is 0 Å². The topological polar surface area (TPSA) is 0 Å². The Morgan fingerprint density at radius 2 is 1.07 bits per heavy atom. The van der Waals surface area contributed by atoms with Crippen molar-refractivity contribution >= 4 is 0 Å². The van der Waals surface area contributed by atoms with Crippen molar-refractivity contribution in [1.82, 2.24) is 0 Å². The van der Waals surface area contributed by atoms with Crippen LogP contribution in [0.1, 0.15) is 0 Å². The van der Waals surface area contributed by atoms with E-state index in [-0.39, 0.29) is 0 Å². The Morgan fingerprint density at radius 3 is 1.13 bits per heavy atom. The number of hydrogen-bond acceptors (Lipinski definition) is 0. The molecule has 0 nitrogen and oxygen atoms in total. The van der Waals surface area contributed by atoms with Crippen LogP contribution in [0.15, 0.2) is 11.6 Å². The van der Waals surface area contributed by atoms with Gasteiger partial charge in [-0.2, -0.15) is 39.5 Å². The first-order valence-electron chi connectivity index (χ1n) is 3.28. The van der Waals surface area contributed by atoms with Crippen LogP contribution in [-0.4, -0.2) is 18.5 Å². The summed E-state index contributed by atoms with van der Waals surface area (Å²) in [5.41, 5.74) is -7.41. The zero-order chi connectivity index (χ0) is 12.3. The summed E-state index contributed by atoms with van der Waals surface area (Å²) < 4.78 is 107. The van der Waals surface area contributed by atoms with E-state index < -0.39 is 35.6 Å². The third-order valence-corrected chi connectivity index (χ3v) is 1.90. The number of alkyl halides is 9. The van der Waals surface area contributed by atoms with E-state index in [1.54, 1.807) is 0 Å². The van der Waals surface area contributed by atoms with Gasteiger partial charge in [-0.1, -0.05) is 0 Å². The second-order valence-corrected chi connectivity index (χ2v) is 2.86. The number of hydrogen-bond donors (Lipinski definition) is 0. The van der Waals surface area contributed by atoms with Gasteiger partial charge in [0.05, 0.1) is 5.57 Å². The molecule has 1 aliphatic rings. The summed E-state index contributed by atoms with van der Waals surface area (Å²) in [5.74, 6) is 0. The van der Waals surface area contributed by atoms with Crippen molar-refractivity contribution in [3.05, 3.63) is 11.6 Å². The fraction of sp³-hybridized carbons (Fsp3) is 0.667. The summed E-state index contributed by atoms with van der Waals surface area (Å²) in [4.78, 5) is 0. The molecule has 0 atom stereocenters. The summed E-state index contributed by atoms with van der Waals surface area (Å²) in [7, 11) is 0. The van der Waals surface area contributed by atoms with E-state index >= 15 is 0 Å². The lowest BCUT2D eigenvalue weighted by molar-refractivity contribution is -0.299. The molecular weight excluding hydrogens is 243 g/mol. The third kappa shape index (κ3) is 1.57. The fourth-order valence-corrected chi connectivity index (χ4v) is 1.12. The van der Waals surface area contributed by atoms with E-state index in [2.05, 4.69) is 0 Å². The molecule has 0 aromatic rings. The molecule has 0 radical (unpaired) electrons. The lowest BCUT2D eigenvalue weighted by Gasteiger charge is -2.25. The quantitative estimate of drug-likeness (QED) is 0.451. The first-order valence-corrected chi connectivity index (χ1v) is 3.28. The average Bonchev–Trinajstić information content (AvgIpc) is 2.51. The van der Waals surface area contributed by atoms with Gasteiger partial charge in [-0.3, -0.25) is 0 Å². The van der Waals surface area contributed by atoms with Gasteiger partial charge in [0.25, 0.3) is 0 Å².